The summed E-state index contributed by atoms with van der Waals surface area (Å²) < 4.78 is 4.76. The van der Waals surface area contributed by atoms with Gasteiger partial charge in [-0.2, -0.15) is 0 Å². The van der Waals surface area contributed by atoms with E-state index in [0.29, 0.717) is 13.2 Å². The third kappa shape index (κ3) is 2.57. The summed E-state index contributed by atoms with van der Waals surface area (Å²) in [5.74, 6) is 0. The van der Waals surface area contributed by atoms with Crippen LogP contribution in [-0.2, 0) is 4.74 Å². The van der Waals surface area contributed by atoms with Crippen LogP contribution in [0.25, 0.3) is 0 Å². The monoisotopic (exact) mass is 169 g/mol. The fourth-order valence-electron chi connectivity index (χ4n) is 1.06. The molecular formula is C9H15NO2. The van der Waals surface area contributed by atoms with Gasteiger partial charge in [0.1, 0.15) is 6.61 Å². The smallest absolute Gasteiger partial charge is 0.413 e. The Kier molecular flexibility index (Phi) is 3.64. The maximum atomic E-state index is 10.9. The highest BCUT2D eigenvalue weighted by atomic mass is 16.6. The van der Waals surface area contributed by atoms with E-state index in [1.54, 1.807) is 4.90 Å². The molecule has 1 rings (SSSR count). The van der Waals surface area contributed by atoms with Gasteiger partial charge in [0.05, 0.1) is 6.54 Å². The molecule has 12 heavy (non-hydrogen) atoms. The molecular weight excluding hydrogens is 154 g/mol. The number of rotatable bonds is 4. The zero-order valence-electron chi connectivity index (χ0n) is 7.45. The van der Waals surface area contributed by atoms with Crippen molar-refractivity contribution in [2.45, 2.75) is 26.2 Å². The van der Waals surface area contributed by atoms with Crippen molar-refractivity contribution in [2.75, 3.05) is 13.2 Å². The van der Waals surface area contributed by atoms with Crippen molar-refractivity contribution >= 4 is 6.09 Å². The molecule has 1 aliphatic rings. The van der Waals surface area contributed by atoms with E-state index in [0.717, 1.165) is 6.42 Å². The molecule has 0 aromatic carbocycles. The molecule has 3 nitrogen and oxygen atoms in total. The zero-order chi connectivity index (χ0) is 8.81. The Balaban J connectivity index is 2.20. The Morgan fingerprint density at radius 1 is 1.67 bits per heavy atom. The zero-order valence-corrected chi connectivity index (χ0v) is 7.45. The van der Waals surface area contributed by atoms with Crippen molar-refractivity contribution in [1.29, 1.82) is 0 Å². The number of nitrogens with zero attached hydrogens (tertiary/aromatic N) is 1. The number of hydrogen-bond acceptors (Lipinski definition) is 2. The molecule has 1 saturated heterocycles. The molecule has 0 spiro atoms. The van der Waals surface area contributed by atoms with Crippen LogP contribution in [0.4, 0.5) is 4.79 Å². The van der Waals surface area contributed by atoms with E-state index < -0.39 is 0 Å². The molecule has 1 heterocycles. The van der Waals surface area contributed by atoms with E-state index in [9.17, 15) is 4.79 Å². The van der Waals surface area contributed by atoms with Gasteiger partial charge in [0.15, 0.2) is 0 Å². The number of unbranched alkanes of at least 4 members (excludes halogenated alkanes) is 2. The lowest BCUT2D eigenvalue weighted by molar-refractivity contribution is 0.166. The van der Waals surface area contributed by atoms with Gasteiger partial charge in [0, 0.05) is 6.20 Å². The van der Waals surface area contributed by atoms with E-state index in [4.69, 9.17) is 4.74 Å². The maximum absolute atomic E-state index is 10.9. The lowest BCUT2D eigenvalue weighted by Crippen LogP contribution is -2.16. The Labute approximate surface area is 73.0 Å². The lowest BCUT2D eigenvalue weighted by Gasteiger charge is -2.03. The molecule has 0 aromatic rings. The molecule has 0 radical (unpaired) electrons. The molecule has 0 aromatic heterocycles. The van der Waals surface area contributed by atoms with E-state index in [2.05, 4.69) is 6.92 Å². The summed E-state index contributed by atoms with van der Waals surface area (Å²) in [4.78, 5) is 12.5. The molecule has 0 unspecified atom stereocenters. The highest BCUT2D eigenvalue weighted by Gasteiger charge is 2.18. The standard InChI is InChI=1S/C9H15NO2/c1-2-3-4-5-6-10-7-8-12-9(10)11/h5-6H,2-4,7-8H2,1H3. The summed E-state index contributed by atoms with van der Waals surface area (Å²) in [7, 11) is 0. The molecule has 3 heteroatoms. The summed E-state index contributed by atoms with van der Waals surface area (Å²) >= 11 is 0. The Bertz CT molecular complexity index is 177. The van der Waals surface area contributed by atoms with Gasteiger partial charge >= 0.3 is 6.09 Å². The number of carbonyl (C=O) groups is 1. The number of ether oxygens (including phenoxy) is 1. The highest BCUT2D eigenvalue weighted by Crippen LogP contribution is 2.04. The van der Waals surface area contributed by atoms with Gasteiger partial charge in [-0.25, -0.2) is 4.79 Å². The molecule has 1 fully saturated rings. The summed E-state index contributed by atoms with van der Waals surface area (Å²) in [6.07, 6.45) is 7.04. The normalized spacial score (nSPS) is 17.4. The van der Waals surface area contributed by atoms with Crippen molar-refractivity contribution < 1.29 is 9.53 Å². The van der Waals surface area contributed by atoms with Crippen molar-refractivity contribution in [3.05, 3.63) is 12.3 Å². The minimum absolute atomic E-state index is 0.220. The van der Waals surface area contributed by atoms with Crippen LogP contribution >= 0.6 is 0 Å². The fraction of sp³-hybridized carbons (Fsp3) is 0.667. The van der Waals surface area contributed by atoms with Crippen molar-refractivity contribution in [1.82, 2.24) is 4.90 Å². The van der Waals surface area contributed by atoms with Crippen LogP contribution in [0.3, 0.4) is 0 Å². The number of allylic oxidation sites excluding steroid dienone is 1. The largest absolute Gasteiger partial charge is 0.447 e. The first-order chi connectivity index (χ1) is 5.84. The average Bonchev–Trinajstić information content (AvgIpc) is 2.46. The molecule has 0 N–H and O–H groups in total. The highest BCUT2D eigenvalue weighted by molar-refractivity contribution is 5.70. The molecule has 1 amide bonds. The van der Waals surface area contributed by atoms with Crippen LogP contribution in [0, 0.1) is 0 Å². The van der Waals surface area contributed by atoms with Crippen LogP contribution in [0.2, 0.25) is 0 Å². The van der Waals surface area contributed by atoms with Gasteiger partial charge in [0.25, 0.3) is 0 Å². The SMILES string of the molecule is CCCCC=CN1CCOC1=O. The quantitative estimate of drug-likeness (QED) is 0.603. The average molecular weight is 169 g/mol. The molecule has 0 aliphatic carbocycles. The third-order valence-electron chi connectivity index (χ3n) is 1.80. The van der Waals surface area contributed by atoms with E-state index >= 15 is 0 Å². The number of amides is 1. The van der Waals surface area contributed by atoms with Gasteiger partial charge in [-0.1, -0.05) is 25.8 Å². The topological polar surface area (TPSA) is 29.5 Å². The van der Waals surface area contributed by atoms with Gasteiger partial charge in [-0.15, -0.1) is 0 Å². The number of hydrogen-bond donors (Lipinski definition) is 0. The van der Waals surface area contributed by atoms with E-state index in [-0.39, 0.29) is 6.09 Å². The Morgan fingerprint density at radius 2 is 2.50 bits per heavy atom. The van der Waals surface area contributed by atoms with Crippen LogP contribution < -0.4 is 0 Å². The summed E-state index contributed by atoms with van der Waals surface area (Å²) in [6.45, 7) is 3.37. The van der Waals surface area contributed by atoms with Crippen molar-refractivity contribution in [2.24, 2.45) is 0 Å². The third-order valence-corrected chi connectivity index (χ3v) is 1.80. The Hall–Kier alpha value is -0.990. The Morgan fingerprint density at radius 3 is 3.08 bits per heavy atom. The van der Waals surface area contributed by atoms with E-state index in [1.807, 2.05) is 12.3 Å². The minimum atomic E-state index is -0.220. The van der Waals surface area contributed by atoms with Gasteiger partial charge in [0.2, 0.25) is 0 Å². The van der Waals surface area contributed by atoms with Crippen LogP contribution in [0.5, 0.6) is 0 Å². The maximum Gasteiger partial charge on any atom is 0.413 e. The summed E-state index contributed by atoms with van der Waals surface area (Å²) in [6, 6.07) is 0. The predicted molar refractivity (Wildman–Crippen MR) is 46.7 cm³/mol. The predicted octanol–water partition coefficient (Wildman–Crippen LogP) is 2.14. The first-order valence-corrected chi connectivity index (χ1v) is 4.44. The first-order valence-electron chi connectivity index (χ1n) is 4.44. The number of cyclic esters (lactones) is 1. The van der Waals surface area contributed by atoms with Gasteiger partial charge in [-0.3, -0.25) is 4.90 Å². The second-order valence-corrected chi connectivity index (χ2v) is 2.83. The lowest BCUT2D eigenvalue weighted by atomic mass is 10.2. The summed E-state index contributed by atoms with van der Waals surface area (Å²) in [5.41, 5.74) is 0. The van der Waals surface area contributed by atoms with Gasteiger partial charge < -0.3 is 4.74 Å². The molecule has 68 valence electrons. The molecule has 1 aliphatic heterocycles. The second-order valence-electron chi connectivity index (χ2n) is 2.83. The minimum Gasteiger partial charge on any atom is -0.447 e. The molecule has 0 bridgehead atoms. The van der Waals surface area contributed by atoms with Crippen LogP contribution in [0.1, 0.15) is 26.2 Å². The molecule has 0 saturated carbocycles. The fourth-order valence-corrected chi connectivity index (χ4v) is 1.06. The van der Waals surface area contributed by atoms with Crippen molar-refractivity contribution in [3.8, 4) is 0 Å². The van der Waals surface area contributed by atoms with Gasteiger partial charge in [-0.05, 0) is 6.42 Å². The molecule has 0 atom stereocenters. The van der Waals surface area contributed by atoms with E-state index in [1.165, 1.54) is 12.8 Å². The van der Waals surface area contributed by atoms with Crippen molar-refractivity contribution in [3.63, 3.8) is 0 Å². The van der Waals surface area contributed by atoms with Crippen LogP contribution in [-0.4, -0.2) is 24.1 Å². The number of carbonyl (C=O) groups excluding carboxylic acids is 1. The first kappa shape index (κ1) is 9.10. The summed E-state index contributed by atoms with van der Waals surface area (Å²) in [5, 5.41) is 0. The van der Waals surface area contributed by atoms with Crippen LogP contribution in [0.15, 0.2) is 12.3 Å². The second kappa shape index (κ2) is 4.80.